The van der Waals surface area contributed by atoms with E-state index in [1.54, 1.807) is 31.3 Å². The molecule has 0 spiro atoms. The second kappa shape index (κ2) is 8.52. The van der Waals surface area contributed by atoms with Gasteiger partial charge in [0.2, 0.25) is 11.8 Å². The number of benzene rings is 2. The van der Waals surface area contributed by atoms with Crippen molar-refractivity contribution in [3.63, 3.8) is 0 Å². The summed E-state index contributed by atoms with van der Waals surface area (Å²) in [5.74, 6) is -0.629. The van der Waals surface area contributed by atoms with Gasteiger partial charge in [-0.2, -0.15) is 0 Å². The van der Waals surface area contributed by atoms with Crippen molar-refractivity contribution >= 4 is 68.3 Å². The smallest absolute Gasteiger partial charge is 0.246 e. The maximum absolute atomic E-state index is 12.2. The fourth-order valence-electron chi connectivity index (χ4n) is 2.30. The van der Waals surface area contributed by atoms with E-state index in [-0.39, 0.29) is 18.4 Å². The molecule has 1 N–H and O–H groups in total. The molecule has 5 nitrogen and oxygen atoms in total. The molecule has 0 aliphatic rings. The monoisotopic (exact) mass is 419 g/mol. The lowest BCUT2D eigenvalue weighted by Crippen LogP contribution is -2.33. The van der Waals surface area contributed by atoms with Crippen LogP contribution in [0.15, 0.2) is 48.5 Å². The van der Waals surface area contributed by atoms with Crippen LogP contribution in [0.4, 0.5) is 5.69 Å². The van der Waals surface area contributed by atoms with Gasteiger partial charge in [0.25, 0.3) is 0 Å². The lowest BCUT2D eigenvalue weighted by molar-refractivity contribution is -0.129. The first-order valence-corrected chi connectivity index (χ1v) is 9.53. The van der Waals surface area contributed by atoms with Crippen LogP contribution in [0.2, 0.25) is 10.0 Å². The van der Waals surface area contributed by atoms with E-state index in [1.165, 1.54) is 22.3 Å². The lowest BCUT2D eigenvalue weighted by Gasteiger charge is -2.15. The molecule has 1 heterocycles. The number of hydrogen-bond acceptors (Lipinski definition) is 4. The van der Waals surface area contributed by atoms with Crippen LogP contribution in [0.25, 0.3) is 16.3 Å². The number of aromatic nitrogens is 1. The fourth-order valence-corrected chi connectivity index (χ4v) is 3.47. The van der Waals surface area contributed by atoms with Crippen molar-refractivity contribution < 1.29 is 9.59 Å². The molecule has 2 amide bonds. The Bertz CT molecular complexity index is 1000. The van der Waals surface area contributed by atoms with E-state index >= 15 is 0 Å². The number of nitrogens with zero attached hydrogens (tertiary/aromatic N) is 2. The Morgan fingerprint density at radius 2 is 1.96 bits per heavy atom. The molecule has 0 saturated carbocycles. The van der Waals surface area contributed by atoms with Crippen LogP contribution in [0.3, 0.4) is 0 Å². The highest BCUT2D eigenvalue weighted by atomic mass is 35.5. The first kappa shape index (κ1) is 19.4. The van der Waals surface area contributed by atoms with Crippen molar-refractivity contribution in [1.29, 1.82) is 0 Å². The molecule has 0 fully saturated rings. The summed E-state index contributed by atoms with van der Waals surface area (Å²) in [4.78, 5) is 30.1. The molecule has 3 rings (SSSR count). The zero-order valence-electron chi connectivity index (χ0n) is 14.3. The molecule has 1 aromatic heterocycles. The largest absolute Gasteiger partial charge is 0.333 e. The third-order valence-corrected chi connectivity index (χ3v) is 5.38. The first-order valence-electron chi connectivity index (χ1n) is 7.96. The van der Waals surface area contributed by atoms with Gasteiger partial charge in [-0.1, -0.05) is 35.3 Å². The average molecular weight is 420 g/mol. The normalized spacial score (nSPS) is 11.1. The summed E-state index contributed by atoms with van der Waals surface area (Å²) in [6.45, 7) is -0.0940. The topological polar surface area (TPSA) is 62.3 Å². The van der Waals surface area contributed by atoms with Gasteiger partial charge in [0, 0.05) is 18.8 Å². The van der Waals surface area contributed by atoms with Crippen molar-refractivity contribution in [3.05, 3.63) is 63.6 Å². The van der Waals surface area contributed by atoms with E-state index in [0.717, 1.165) is 15.2 Å². The van der Waals surface area contributed by atoms with Gasteiger partial charge in [-0.25, -0.2) is 4.98 Å². The number of para-hydroxylation sites is 1. The molecule has 8 heteroatoms. The molecule has 0 radical (unpaired) electrons. The number of likely N-dealkylation sites (N-methyl/N-ethyl adjacent to an activating group) is 1. The van der Waals surface area contributed by atoms with Crippen molar-refractivity contribution in [2.24, 2.45) is 0 Å². The van der Waals surface area contributed by atoms with Crippen molar-refractivity contribution in [2.45, 2.75) is 0 Å². The molecule has 0 unspecified atom stereocenters. The van der Waals surface area contributed by atoms with Crippen LogP contribution >= 0.6 is 34.5 Å². The number of carbonyl (C=O) groups is 2. The third-order valence-electron chi connectivity index (χ3n) is 3.64. The van der Waals surface area contributed by atoms with Gasteiger partial charge in [-0.05, 0) is 36.4 Å². The third kappa shape index (κ3) is 5.07. The van der Waals surface area contributed by atoms with Crippen molar-refractivity contribution in [1.82, 2.24) is 9.88 Å². The van der Waals surface area contributed by atoms with Crippen molar-refractivity contribution in [2.75, 3.05) is 18.9 Å². The number of nitrogens with one attached hydrogen (secondary N) is 1. The van der Waals surface area contributed by atoms with Gasteiger partial charge >= 0.3 is 0 Å². The molecule has 0 atom stereocenters. The molecular formula is C19H15Cl2N3O2S. The van der Waals surface area contributed by atoms with Crippen LogP contribution in [-0.4, -0.2) is 35.3 Å². The van der Waals surface area contributed by atoms with Gasteiger partial charge in [-0.15, -0.1) is 11.3 Å². The van der Waals surface area contributed by atoms with Crippen LogP contribution in [0.1, 0.15) is 5.01 Å². The second-order valence-corrected chi connectivity index (χ2v) is 7.60. The van der Waals surface area contributed by atoms with Gasteiger partial charge in [-0.3, -0.25) is 9.59 Å². The number of thiazole rings is 1. The average Bonchev–Trinajstić information content (AvgIpc) is 3.05. The summed E-state index contributed by atoms with van der Waals surface area (Å²) < 4.78 is 1.05. The molecular weight excluding hydrogens is 405 g/mol. The first-order chi connectivity index (χ1) is 12.9. The maximum atomic E-state index is 12.2. The molecule has 0 bridgehead atoms. The minimum Gasteiger partial charge on any atom is -0.333 e. The van der Waals surface area contributed by atoms with Gasteiger partial charge < -0.3 is 10.2 Å². The number of fused-ring (bicyclic) bond motifs is 1. The van der Waals surface area contributed by atoms with Gasteiger partial charge in [0.1, 0.15) is 5.01 Å². The van der Waals surface area contributed by atoms with E-state index in [1.807, 2.05) is 24.3 Å². The highest BCUT2D eigenvalue weighted by Gasteiger charge is 2.12. The number of anilines is 1. The Morgan fingerprint density at radius 3 is 2.70 bits per heavy atom. The number of rotatable bonds is 5. The highest BCUT2D eigenvalue weighted by molar-refractivity contribution is 7.19. The molecule has 0 saturated heterocycles. The predicted molar refractivity (Wildman–Crippen MR) is 111 cm³/mol. The standard InChI is InChI=1S/C19H15Cl2N3O2S/c1-24(11-17(25)22-12-6-7-13(20)14(21)10-12)19(26)9-8-18-23-15-4-2-3-5-16(15)27-18/h2-10H,11H2,1H3,(H,22,25)/b9-8+. The summed E-state index contributed by atoms with van der Waals surface area (Å²) in [5.41, 5.74) is 1.41. The molecule has 2 aromatic carbocycles. The Morgan fingerprint density at radius 1 is 1.19 bits per heavy atom. The number of halogens is 2. The highest BCUT2D eigenvalue weighted by Crippen LogP contribution is 2.25. The van der Waals surface area contributed by atoms with Crippen molar-refractivity contribution in [3.8, 4) is 0 Å². The van der Waals surface area contributed by atoms with Gasteiger partial charge in [0.05, 0.1) is 26.8 Å². The number of carbonyl (C=O) groups excluding carboxylic acids is 2. The maximum Gasteiger partial charge on any atom is 0.246 e. The Kier molecular flexibility index (Phi) is 6.11. The zero-order valence-corrected chi connectivity index (χ0v) is 16.6. The summed E-state index contributed by atoms with van der Waals surface area (Å²) in [5, 5.41) is 4.16. The molecule has 0 aliphatic heterocycles. The van der Waals surface area contributed by atoms with Crippen LogP contribution in [0.5, 0.6) is 0 Å². The minimum absolute atomic E-state index is 0.0940. The molecule has 27 heavy (non-hydrogen) atoms. The van der Waals surface area contributed by atoms with E-state index in [0.29, 0.717) is 15.7 Å². The van der Waals surface area contributed by atoms with E-state index in [2.05, 4.69) is 10.3 Å². The Hall–Kier alpha value is -2.41. The quantitative estimate of drug-likeness (QED) is 0.608. The Labute approximate surface area is 170 Å². The van der Waals surface area contributed by atoms with Crippen LogP contribution in [-0.2, 0) is 9.59 Å². The lowest BCUT2D eigenvalue weighted by atomic mass is 10.3. The summed E-state index contributed by atoms with van der Waals surface area (Å²) in [6, 6.07) is 12.5. The zero-order chi connectivity index (χ0) is 19.4. The van der Waals surface area contributed by atoms with Crippen LogP contribution in [0, 0.1) is 0 Å². The Balaban J connectivity index is 1.57. The summed E-state index contributed by atoms with van der Waals surface area (Å²) in [6.07, 6.45) is 3.06. The van der Waals surface area contributed by atoms with E-state index in [9.17, 15) is 9.59 Å². The number of hydrogen-bond donors (Lipinski definition) is 1. The molecule has 138 valence electrons. The fraction of sp³-hybridized carbons (Fsp3) is 0.105. The second-order valence-electron chi connectivity index (χ2n) is 5.72. The minimum atomic E-state index is -0.336. The molecule has 3 aromatic rings. The molecule has 0 aliphatic carbocycles. The van der Waals surface area contributed by atoms with E-state index < -0.39 is 0 Å². The summed E-state index contributed by atoms with van der Waals surface area (Å²) in [7, 11) is 1.56. The summed E-state index contributed by atoms with van der Waals surface area (Å²) >= 11 is 13.3. The SMILES string of the molecule is CN(CC(=O)Nc1ccc(Cl)c(Cl)c1)C(=O)/C=C/c1nc2ccccc2s1. The predicted octanol–water partition coefficient (Wildman–Crippen LogP) is 4.71. The number of amides is 2. The van der Waals surface area contributed by atoms with Crippen LogP contribution < -0.4 is 5.32 Å². The van der Waals surface area contributed by atoms with E-state index in [4.69, 9.17) is 23.2 Å². The van der Waals surface area contributed by atoms with Gasteiger partial charge in [0.15, 0.2) is 0 Å².